The Morgan fingerprint density at radius 2 is 1.95 bits per heavy atom. The molecule has 2 aliphatic rings. The van der Waals surface area contributed by atoms with Crippen molar-refractivity contribution in [2.45, 2.75) is 56.6 Å². The standard InChI is InChI=1S/C25H31N7O7/c1-31(25(36)38-10-9-37-12-14-5-3-2-4-6-14)11-16-29-21(26)17-22(30-16)32(13-27-17)24-19(34)18(33)20(39-24)23(35)28-15-7-8-15/h2-6,13,15,18-20,24,33-34H,7-12H2,1H3,(H,28,35)(H2,26,29,30)/t18?,19?,20-,24+/m0/s1. The average Bonchev–Trinajstić information content (AvgIpc) is 3.56. The summed E-state index contributed by atoms with van der Waals surface area (Å²) < 4.78 is 17.9. The van der Waals surface area contributed by atoms with Crippen molar-refractivity contribution < 1.29 is 34.0 Å². The highest BCUT2D eigenvalue weighted by molar-refractivity contribution is 5.83. The van der Waals surface area contributed by atoms with E-state index in [9.17, 15) is 19.8 Å². The third-order valence-corrected chi connectivity index (χ3v) is 6.44. The number of nitrogen functional groups attached to an aromatic ring is 1. The van der Waals surface area contributed by atoms with Gasteiger partial charge in [0.2, 0.25) is 0 Å². The average molecular weight is 542 g/mol. The quantitative estimate of drug-likeness (QED) is 0.255. The molecular formula is C25H31N7O7. The lowest BCUT2D eigenvalue weighted by atomic mass is 10.1. The molecule has 14 heteroatoms. The summed E-state index contributed by atoms with van der Waals surface area (Å²) >= 11 is 0. The molecule has 0 spiro atoms. The van der Waals surface area contributed by atoms with Crippen LogP contribution < -0.4 is 11.1 Å². The molecule has 2 amide bonds. The number of nitrogens with two attached hydrogens (primary N) is 1. The van der Waals surface area contributed by atoms with Crippen LogP contribution in [0.2, 0.25) is 0 Å². The molecule has 2 fully saturated rings. The fourth-order valence-electron chi connectivity index (χ4n) is 4.20. The van der Waals surface area contributed by atoms with Crippen LogP contribution in [0.25, 0.3) is 11.2 Å². The zero-order chi connectivity index (χ0) is 27.5. The second kappa shape index (κ2) is 11.5. The molecule has 1 aromatic carbocycles. The van der Waals surface area contributed by atoms with E-state index < -0.39 is 36.5 Å². The lowest BCUT2D eigenvalue weighted by Crippen LogP contribution is -2.43. The van der Waals surface area contributed by atoms with E-state index >= 15 is 0 Å². The molecule has 5 N–H and O–H groups in total. The van der Waals surface area contributed by atoms with Gasteiger partial charge >= 0.3 is 6.09 Å². The third kappa shape index (κ3) is 6.09. The molecular weight excluding hydrogens is 510 g/mol. The Morgan fingerprint density at radius 1 is 1.18 bits per heavy atom. The number of nitrogens with one attached hydrogen (secondary N) is 1. The van der Waals surface area contributed by atoms with E-state index in [4.69, 9.17) is 19.9 Å². The van der Waals surface area contributed by atoms with E-state index in [0.717, 1.165) is 18.4 Å². The Balaban J connectivity index is 1.20. The lowest BCUT2D eigenvalue weighted by molar-refractivity contribution is -0.137. The summed E-state index contributed by atoms with van der Waals surface area (Å²) in [6.07, 6.45) is -2.77. The summed E-state index contributed by atoms with van der Waals surface area (Å²) in [5.74, 6) is -0.241. The molecule has 0 bridgehead atoms. The van der Waals surface area contributed by atoms with E-state index in [2.05, 4.69) is 20.3 Å². The largest absolute Gasteiger partial charge is 0.447 e. The van der Waals surface area contributed by atoms with Crippen LogP contribution in [0.5, 0.6) is 0 Å². The van der Waals surface area contributed by atoms with Crippen LogP contribution in [0, 0.1) is 0 Å². The molecule has 2 aromatic heterocycles. The molecule has 3 heterocycles. The number of imidazole rings is 1. The van der Waals surface area contributed by atoms with Gasteiger partial charge in [-0.25, -0.2) is 19.7 Å². The zero-order valence-electron chi connectivity index (χ0n) is 21.3. The molecule has 14 nitrogen and oxygen atoms in total. The van der Waals surface area contributed by atoms with Crippen molar-refractivity contribution >= 4 is 29.0 Å². The number of carbonyl (C=O) groups is 2. The van der Waals surface area contributed by atoms with E-state index in [0.29, 0.717) is 6.61 Å². The first-order valence-corrected chi connectivity index (χ1v) is 12.6. The smallest absolute Gasteiger partial charge is 0.409 e. The Bertz CT molecular complexity index is 1320. The fourth-order valence-corrected chi connectivity index (χ4v) is 4.20. The molecule has 4 atom stereocenters. The minimum absolute atomic E-state index is 0.0296. The number of nitrogens with zero attached hydrogens (tertiary/aromatic N) is 5. The first-order valence-electron chi connectivity index (χ1n) is 12.6. The monoisotopic (exact) mass is 541 g/mol. The molecule has 208 valence electrons. The van der Waals surface area contributed by atoms with E-state index in [1.807, 2.05) is 30.3 Å². The molecule has 2 unspecified atom stereocenters. The van der Waals surface area contributed by atoms with Gasteiger partial charge in [0.1, 0.15) is 24.3 Å². The van der Waals surface area contributed by atoms with Crippen molar-refractivity contribution in [2.24, 2.45) is 0 Å². The summed E-state index contributed by atoms with van der Waals surface area (Å²) in [6, 6.07) is 9.72. The maximum Gasteiger partial charge on any atom is 0.409 e. The summed E-state index contributed by atoms with van der Waals surface area (Å²) in [6.45, 7) is 0.688. The number of ether oxygens (including phenoxy) is 3. The Morgan fingerprint density at radius 3 is 2.69 bits per heavy atom. The van der Waals surface area contributed by atoms with Crippen molar-refractivity contribution in [3.8, 4) is 0 Å². The molecule has 0 radical (unpaired) electrons. The van der Waals surface area contributed by atoms with Crippen LogP contribution in [0.4, 0.5) is 10.6 Å². The van der Waals surface area contributed by atoms with Gasteiger partial charge in [0.15, 0.2) is 29.6 Å². The highest BCUT2D eigenvalue weighted by Crippen LogP contribution is 2.33. The van der Waals surface area contributed by atoms with E-state index in [1.165, 1.54) is 22.8 Å². The number of hydrogen-bond donors (Lipinski definition) is 4. The van der Waals surface area contributed by atoms with E-state index in [1.54, 1.807) is 0 Å². The SMILES string of the molecule is CN(Cc1nc(N)c2ncn([C@@H]3O[C@H](C(=O)NC4CC4)C(O)C3O)c2n1)C(=O)OCCOCc1ccccc1. The van der Waals surface area contributed by atoms with Crippen molar-refractivity contribution in [3.05, 3.63) is 48.0 Å². The third-order valence-electron chi connectivity index (χ3n) is 6.44. The summed E-state index contributed by atoms with van der Waals surface area (Å²) in [4.78, 5) is 39.1. The van der Waals surface area contributed by atoms with Crippen molar-refractivity contribution in [3.63, 3.8) is 0 Å². The number of aromatic nitrogens is 4. The number of amides is 2. The molecule has 1 saturated heterocycles. The normalized spacial score (nSPS) is 22.6. The highest BCUT2D eigenvalue weighted by Gasteiger charge is 2.48. The first-order chi connectivity index (χ1) is 18.8. The van der Waals surface area contributed by atoms with Crippen molar-refractivity contribution in [1.82, 2.24) is 29.7 Å². The van der Waals surface area contributed by atoms with Gasteiger partial charge in [0.25, 0.3) is 5.91 Å². The number of benzene rings is 1. The molecule has 3 aromatic rings. The Hall–Kier alpha value is -3.85. The minimum atomic E-state index is -1.44. The topological polar surface area (TPSA) is 187 Å². The van der Waals surface area contributed by atoms with Gasteiger partial charge < -0.3 is 40.4 Å². The molecule has 1 saturated carbocycles. The predicted molar refractivity (Wildman–Crippen MR) is 136 cm³/mol. The van der Waals surface area contributed by atoms with Crippen molar-refractivity contribution in [1.29, 1.82) is 0 Å². The van der Waals surface area contributed by atoms with Crippen LogP contribution in [-0.4, -0.2) is 91.2 Å². The second-order valence-corrected chi connectivity index (χ2v) is 9.57. The maximum atomic E-state index is 12.5. The number of aliphatic hydroxyl groups excluding tert-OH is 2. The van der Waals surface area contributed by atoms with Gasteiger partial charge in [-0.1, -0.05) is 30.3 Å². The van der Waals surface area contributed by atoms with Gasteiger partial charge in [-0.15, -0.1) is 0 Å². The zero-order valence-corrected chi connectivity index (χ0v) is 21.3. The predicted octanol–water partition coefficient (Wildman–Crippen LogP) is 0.0915. The van der Waals surface area contributed by atoms with Crippen molar-refractivity contribution in [2.75, 3.05) is 26.0 Å². The van der Waals surface area contributed by atoms with Gasteiger partial charge in [-0.2, -0.15) is 0 Å². The number of anilines is 1. The van der Waals surface area contributed by atoms with E-state index in [-0.39, 0.29) is 48.6 Å². The number of hydrogen-bond acceptors (Lipinski definition) is 11. The summed E-state index contributed by atoms with van der Waals surface area (Å²) in [5.41, 5.74) is 7.57. The van der Waals surface area contributed by atoms with Crippen LogP contribution >= 0.6 is 0 Å². The fraction of sp³-hybridized carbons (Fsp3) is 0.480. The number of fused-ring (bicyclic) bond motifs is 1. The molecule has 1 aliphatic heterocycles. The number of carbonyl (C=O) groups excluding carboxylic acids is 2. The highest BCUT2D eigenvalue weighted by atomic mass is 16.6. The summed E-state index contributed by atoms with van der Waals surface area (Å²) in [5, 5.41) is 23.9. The molecule has 39 heavy (non-hydrogen) atoms. The van der Waals surface area contributed by atoms with Gasteiger partial charge in [-0.3, -0.25) is 9.36 Å². The van der Waals surface area contributed by atoms with Crippen LogP contribution in [0.15, 0.2) is 36.7 Å². The first kappa shape index (κ1) is 26.7. The minimum Gasteiger partial charge on any atom is -0.447 e. The maximum absolute atomic E-state index is 12.5. The second-order valence-electron chi connectivity index (χ2n) is 9.57. The molecule has 5 rings (SSSR count). The summed E-state index contributed by atoms with van der Waals surface area (Å²) in [7, 11) is 1.53. The van der Waals surface area contributed by atoms with Crippen LogP contribution in [-0.2, 0) is 32.2 Å². The molecule has 1 aliphatic carbocycles. The van der Waals surface area contributed by atoms with Gasteiger partial charge in [0, 0.05) is 13.1 Å². The van der Waals surface area contributed by atoms with Crippen LogP contribution in [0.1, 0.15) is 30.5 Å². The Labute approximate surface area is 223 Å². The van der Waals surface area contributed by atoms with Crippen LogP contribution in [0.3, 0.4) is 0 Å². The van der Waals surface area contributed by atoms with Gasteiger partial charge in [-0.05, 0) is 18.4 Å². The Kier molecular flexibility index (Phi) is 7.88. The number of aliphatic hydroxyl groups is 2. The number of rotatable bonds is 10. The van der Waals surface area contributed by atoms with Gasteiger partial charge in [0.05, 0.1) is 26.1 Å². The lowest BCUT2D eigenvalue weighted by Gasteiger charge is -2.18.